The Bertz CT molecular complexity index is 533. The first-order chi connectivity index (χ1) is 11.3. The quantitative estimate of drug-likeness (QED) is 0.796. The van der Waals surface area contributed by atoms with Crippen molar-refractivity contribution < 1.29 is 47.3 Å². The van der Waals surface area contributed by atoms with Gasteiger partial charge in [0.15, 0.2) is 0 Å². The molecule has 0 saturated carbocycles. The number of aryl methyl sites for hydroxylation is 1. The van der Waals surface area contributed by atoms with Crippen LogP contribution >= 0.6 is 0 Å². The van der Waals surface area contributed by atoms with Gasteiger partial charge in [-0.1, -0.05) is 6.42 Å². The summed E-state index contributed by atoms with van der Waals surface area (Å²) < 4.78 is 5.76. The standard InChI is InChI=1S/C18H27N3O2.Ar/c22-16-8-6-7-15-9-10-17(20-18(15)19-16)23-14-5-4-13-21-11-2-1-3-12-21;/h9-10H,1-8,11-14H2,(H,19,20,22);. The second-order valence-electron chi connectivity index (χ2n) is 6.52. The second-order valence-corrected chi connectivity index (χ2v) is 6.52. The van der Waals surface area contributed by atoms with E-state index in [1.165, 1.54) is 45.3 Å². The minimum absolute atomic E-state index is 0. The van der Waals surface area contributed by atoms with Gasteiger partial charge in [-0.3, -0.25) is 4.79 Å². The molecule has 2 aliphatic rings. The molecule has 0 spiro atoms. The van der Waals surface area contributed by atoms with E-state index in [9.17, 15) is 4.79 Å². The van der Waals surface area contributed by atoms with E-state index < -0.39 is 0 Å². The van der Waals surface area contributed by atoms with Crippen LogP contribution in [0.2, 0.25) is 0 Å². The summed E-state index contributed by atoms with van der Waals surface area (Å²) in [7, 11) is 0. The van der Waals surface area contributed by atoms with E-state index >= 15 is 0 Å². The number of carbonyl (C=O) groups excluding carboxylic acids is 1. The number of nitrogens with one attached hydrogen (secondary N) is 1. The maximum atomic E-state index is 11.6. The number of unbranched alkanes of at least 4 members (excludes halogenated alkanes) is 1. The molecular formula is C18H27ArN3O2. The number of hydrogen-bond acceptors (Lipinski definition) is 4. The molecule has 6 heteroatoms. The molecule has 2 aliphatic heterocycles. The van der Waals surface area contributed by atoms with Crippen LogP contribution in [0.3, 0.4) is 0 Å². The fourth-order valence-electron chi connectivity index (χ4n) is 3.29. The monoisotopic (exact) mass is 357 g/mol. The molecule has 24 heavy (non-hydrogen) atoms. The molecule has 5 nitrogen and oxygen atoms in total. The van der Waals surface area contributed by atoms with Gasteiger partial charge in [-0.15, -0.1) is 0 Å². The predicted molar refractivity (Wildman–Crippen MR) is 90.8 cm³/mol. The van der Waals surface area contributed by atoms with Gasteiger partial charge in [0, 0.05) is 50.2 Å². The molecule has 0 radical (unpaired) electrons. The number of ether oxygens (including phenoxy) is 1. The Morgan fingerprint density at radius 2 is 1.92 bits per heavy atom. The molecule has 1 amide bonds. The first-order valence-electron chi connectivity index (χ1n) is 8.96. The zero-order valence-electron chi connectivity index (χ0n) is 14.2. The van der Waals surface area contributed by atoms with Crippen LogP contribution in [-0.2, 0) is 11.2 Å². The maximum Gasteiger partial charge on any atom is 0.225 e. The summed E-state index contributed by atoms with van der Waals surface area (Å²) in [6.07, 6.45) is 8.66. The number of likely N-dealkylation sites (tertiary alicyclic amines) is 1. The van der Waals surface area contributed by atoms with Gasteiger partial charge >= 0.3 is 0 Å². The van der Waals surface area contributed by atoms with Crippen LogP contribution in [0, 0.1) is 37.7 Å². The van der Waals surface area contributed by atoms with Crippen LogP contribution in [0.15, 0.2) is 12.1 Å². The molecule has 1 N–H and O–H groups in total. The average Bonchev–Trinajstić information content (AvgIpc) is 2.75. The van der Waals surface area contributed by atoms with Gasteiger partial charge in [0.1, 0.15) is 5.82 Å². The minimum Gasteiger partial charge on any atom is -0.478 e. The topological polar surface area (TPSA) is 54.5 Å². The molecular weight excluding hydrogens is 330 g/mol. The third-order valence-electron chi connectivity index (χ3n) is 4.63. The molecule has 0 aliphatic carbocycles. The van der Waals surface area contributed by atoms with Crippen molar-refractivity contribution in [2.45, 2.75) is 51.4 Å². The summed E-state index contributed by atoms with van der Waals surface area (Å²) in [6, 6.07) is 3.94. The molecule has 0 bridgehead atoms. The smallest absolute Gasteiger partial charge is 0.225 e. The molecule has 1 aromatic heterocycles. The molecule has 1 fully saturated rings. The summed E-state index contributed by atoms with van der Waals surface area (Å²) in [6.45, 7) is 4.38. The number of pyridine rings is 1. The van der Waals surface area contributed by atoms with Crippen LogP contribution < -0.4 is 10.1 Å². The van der Waals surface area contributed by atoms with Crippen LogP contribution in [0.4, 0.5) is 5.82 Å². The van der Waals surface area contributed by atoms with E-state index in [2.05, 4.69) is 15.2 Å². The van der Waals surface area contributed by atoms with Gasteiger partial charge < -0.3 is 15.0 Å². The zero-order chi connectivity index (χ0) is 15.9. The summed E-state index contributed by atoms with van der Waals surface area (Å²) in [5.74, 6) is 1.34. The van der Waals surface area contributed by atoms with Crippen LogP contribution in [-0.4, -0.2) is 42.0 Å². The first-order valence-corrected chi connectivity index (χ1v) is 8.96. The van der Waals surface area contributed by atoms with Crippen molar-refractivity contribution in [3.8, 4) is 5.88 Å². The number of hydrogen-bond donors (Lipinski definition) is 1. The number of anilines is 1. The molecule has 1 saturated heterocycles. The van der Waals surface area contributed by atoms with Crippen LogP contribution in [0.25, 0.3) is 0 Å². The Balaban J connectivity index is 0.00000208. The van der Waals surface area contributed by atoms with Crippen molar-refractivity contribution in [1.29, 1.82) is 0 Å². The normalized spacial score (nSPS) is 18.1. The van der Waals surface area contributed by atoms with E-state index in [4.69, 9.17) is 4.74 Å². The maximum absolute atomic E-state index is 11.6. The van der Waals surface area contributed by atoms with E-state index in [0.29, 0.717) is 24.7 Å². The molecule has 1 aromatic rings. The fraction of sp³-hybridized carbons (Fsp3) is 0.667. The number of amides is 1. The molecule has 3 heterocycles. The summed E-state index contributed by atoms with van der Waals surface area (Å²) in [5.41, 5.74) is 1.10. The number of fused-ring (bicyclic) bond motifs is 1. The molecule has 134 valence electrons. The van der Waals surface area contributed by atoms with Gasteiger partial charge in [-0.2, -0.15) is 4.98 Å². The molecule has 3 rings (SSSR count). The van der Waals surface area contributed by atoms with Crippen molar-refractivity contribution in [2.24, 2.45) is 0 Å². The van der Waals surface area contributed by atoms with Crippen molar-refractivity contribution >= 4 is 11.7 Å². The number of aromatic nitrogens is 1. The van der Waals surface area contributed by atoms with Crippen LogP contribution in [0.5, 0.6) is 5.88 Å². The Kier molecular flexibility index (Phi) is 8.81. The Morgan fingerprint density at radius 1 is 1.08 bits per heavy atom. The van der Waals surface area contributed by atoms with E-state index in [0.717, 1.165) is 24.8 Å². The third-order valence-corrected chi connectivity index (χ3v) is 4.63. The van der Waals surface area contributed by atoms with Crippen molar-refractivity contribution in [1.82, 2.24) is 9.88 Å². The van der Waals surface area contributed by atoms with Crippen LogP contribution in [0.1, 0.15) is 50.5 Å². The second kappa shape index (κ2) is 10.6. The third kappa shape index (κ3) is 6.17. The number of piperidine rings is 1. The van der Waals surface area contributed by atoms with Gasteiger partial charge in [-0.25, -0.2) is 0 Å². The molecule has 0 aromatic carbocycles. The fourth-order valence-corrected chi connectivity index (χ4v) is 3.29. The average molecular weight is 357 g/mol. The largest absolute Gasteiger partial charge is 0.478 e. The van der Waals surface area contributed by atoms with Gasteiger partial charge in [0.2, 0.25) is 11.8 Å². The van der Waals surface area contributed by atoms with E-state index in [1.807, 2.05) is 12.1 Å². The van der Waals surface area contributed by atoms with Gasteiger partial charge in [-0.05, 0) is 69.8 Å². The zero-order valence-corrected chi connectivity index (χ0v) is 14.9. The number of nitrogens with zero attached hydrogens (tertiary/aromatic N) is 2. The molecule has 0 unspecified atom stereocenters. The predicted octanol–water partition coefficient (Wildman–Crippen LogP) is 3.00. The first kappa shape index (κ1) is 20.0. The summed E-state index contributed by atoms with van der Waals surface area (Å²) in [4.78, 5) is 18.6. The summed E-state index contributed by atoms with van der Waals surface area (Å²) in [5, 5.41) is 2.87. The van der Waals surface area contributed by atoms with Gasteiger partial charge in [0.05, 0.1) is 6.61 Å². The summed E-state index contributed by atoms with van der Waals surface area (Å²) >= 11 is 0. The molecule has 0 atom stereocenters. The van der Waals surface area contributed by atoms with Crippen molar-refractivity contribution in [3.63, 3.8) is 0 Å². The van der Waals surface area contributed by atoms with Crippen molar-refractivity contribution in [2.75, 3.05) is 31.6 Å². The Labute approximate surface area is 174 Å². The SMILES string of the molecule is O=C1CCCc2ccc(OCCCCN3CCCCC3)nc2N1.[Ar]. The van der Waals surface area contributed by atoms with E-state index in [-0.39, 0.29) is 43.6 Å². The number of carbonyl (C=O) groups is 1. The number of rotatable bonds is 6. The van der Waals surface area contributed by atoms with E-state index in [1.54, 1.807) is 0 Å². The van der Waals surface area contributed by atoms with Crippen molar-refractivity contribution in [3.05, 3.63) is 17.7 Å². The Morgan fingerprint density at radius 3 is 2.75 bits per heavy atom. The van der Waals surface area contributed by atoms with Gasteiger partial charge in [0.25, 0.3) is 0 Å². The minimum atomic E-state index is 0. The Hall–Kier alpha value is -0.360.